The summed E-state index contributed by atoms with van der Waals surface area (Å²) in [6.45, 7) is 0. The molecule has 0 aromatic heterocycles. The Labute approximate surface area is 140 Å². The van der Waals surface area contributed by atoms with E-state index >= 15 is 0 Å². The first-order valence-corrected chi connectivity index (χ1v) is 8.96. The highest BCUT2D eigenvalue weighted by Crippen LogP contribution is 2.44. The molecule has 0 saturated heterocycles. The van der Waals surface area contributed by atoms with Gasteiger partial charge in [-0.15, -0.1) is 11.8 Å². The molecule has 0 atom stereocenters. The summed E-state index contributed by atoms with van der Waals surface area (Å²) in [5.74, 6) is 0.0815. The maximum Gasteiger partial charge on any atom is 0.235 e. The Morgan fingerprint density at radius 3 is 2.23 bits per heavy atom. The maximum absolute atomic E-state index is 12.8. The van der Waals surface area contributed by atoms with Gasteiger partial charge in [0.05, 0.1) is 5.41 Å². The molecule has 0 bridgehead atoms. The van der Waals surface area contributed by atoms with E-state index in [-0.39, 0.29) is 5.91 Å². The van der Waals surface area contributed by atoms with E-state index in [1.807, 2.05) is 54.8 Å². The van der Waals surface area contributed by atoms with E-state index in [1.54, 1.807) is 11.8 Å². The van der Waals surface area contributed by atoms with Gasteiger partial charge in [0, 0.05) is 15.6 Å². The topological polar surface area (TPSA) is 29.1 Å². The summed E-state index contributed by atoms with van der Waals surface area (Å²) in [4.78, 5) is 14.0. The van der Waals surface area contributed by atoms with E-state index in [2.05, 4.69) is 5.32 Å². The minimum Gasteiger partial charge on any atom is -0.325 e. The lowest BCUT2D eigenvalue weighted by Gasteiger charge is -2.40. The molecule has 1 saturated carbocycles. The number of benzene rings is 2. The van der Waals surface area contributed by atoms with Crippen molar-refractivity contribution in [2.45, 2.75) is 29.6 Å². The molecule has 0 radical (unpaired) electrons. The largest absolute Gasteiger partial charge is 0.325 e. The Morgan fingerprint density at radius 1 is 1.09 bits per heavy atom. The summed E-state index contributed by atoms with van der Waals surface area (Å²) in [5, 5.41) is 3.77. The fourth-order valence-electron chi connectivity index (χ4n) is 2.87. The van der Waals surface area contributed by atoms with Gasteiger partial charge in [0.15, 0.2) is 0 Å². The van der Waals surface area contributed by atoms with Gasteiger partial charge in [-0.3, -0.25) is 4.79 Å². The van der Waals surface area contributed by atoms with Crippen LogP contribution in [0, 0.1) is 0 Å². The van der Waals surface area contributed by atoms with Gasteiger partial charge in [0.1, 0.15) is 0 Å². The van der Waals surface area contributed by atoms with E-state index < -0.39 is 5.41 Å². The average molecular weight is 332 g/mol. The smallest absolute Gasteiger partial charge is 0.235 e. The number of nitrogens with one attached hydrogen (secondary N) is 1. The normalized spacial score (nSPS) is 15.9. The molecule has 114 valence electrons. The molecule has 0 unspecified atom stereocenters. The monoisotopic (exact) mass is 331 g/mol. The second kappa shape index (κ2) is 6.35. The van der Waals surface area contributed by atoms with E-state index in [0.29, 0.717) is 5.02 Å². The van der Waals surface area contributed by atoms with Crippen LogP contribution in [0.4, 0.5) is 5.69 Å². The van der Waals surface area contributed by atoms with Gasteiger partial charge in [0.25, 0.3) is 0 Å². The van der Waals surface area contributed by atoms with Gasteiger partial charge in [-0.2, -0.15) is 0 Å². The molecule has 22 heavy (non-hydrogen) atoms. The molecular formula is C18H18ClNOS. The molecule has 1 aliphatic carbocycles. The predicted molar refractivity (Wildman–Crippen MR) is 93.8 cm³/mol. The van der Waals surface area contributed by atoms with Gasteiger partial charge < -0.3 is 5.32 Å². The van der Waals surface area contributed by atoms with E-state index in [4.69, 9.17) is 11.6 Å². The second-order valence-corrected chi connectivity index (χ2v) is 6.94. The van der Waals surface area contributed by atoms with Crippen LogP contribution in [0.15, 0.2) is 53.4 Å². The van der Waals surface area contributed by atoms with Crippen LogP contribution >= 0.6 is 23.4 Å². The molecule has 3 rings (SSSR count). The van der Waals surface area contributed by atoms with Crippen molar-refractivity contribution in [2.75, 3.05) is 11.6 Å². The zero-order valence-corrected chi connectivity index (χ0v) is 14.0. The number of carbonyl (C=O) groups is 1. The number of halogens is 1. The summed E-state index contributed by atoms with van der Waals surface area (Å²) < 4.78 is 0. The lowest BCUT2D eigenvalue weighted by molar-refractivity contribution is -0.124. The summed E-state index contributed by atoms with van der Waals surface area (Å²) in [5.41, 5.74) is 1.51. The lowest BCUT2D eigenvalue weighted by Crippen LogP contribution is -2.45. The Hall–Kier alpha value is -1.45. The zero-order valence-electron chi connectivity index (χ0n) is 12.4. The van der Waals surface area contributed by atoms with E-state index in [0.717, 1.165) is 30.5 Å². The summed E-state index contributed by atoms with van der Waals surface area (Å²) in [7, 11) is 0. The van der Waals surface area contributed by atoms with Crippen LogP contribution in [0.25, 0.3) is 0 Å². The molecule has 0 aliphatic heterocycles. The van der Waals surface area contributed by atoms with Gasteiger partial charge in [-0.1, -0.05) is 30.2 Å². The molecule has 1 aliphatic rings. The SMILES string of the molecule is CSc1ccc(NC(=O)C2(c3ccc(Cl)cc3)CCC2)cc1. The first kappa shape index (κ1) is 15.4. The number of rotatable bonds is 4. The second-order valence-electron chi connectivity index (χ2n) is 5.63. The number of hydrogen-bond acceptors (Lipinski definition) is 2. The molecule has 1 N–H and O–H groups in total. The van der Waals surface area contributed by atoms with Crippen molar-refractivity contribution < 1.29 is 4.79 Å². The van der Waals surface area contributed by atoms with Crippen LogP contribution < -0.4 is 5.32 Å². The Bertz CT molecular complexity index is 662. The number of carbonyl (C=O) groups excluding carboxylic acids is 1. The number of hydrogen-bond donors (Lipinski definition) is 1. The van der Waals surface area contributed by atoms with Crippen LogP contribution in [-0.4, -0.2) is 12.2 Å². The minimum absolute atomic E-state index is 0.0815. The third-order valence-electron chi connectivity index (χ3n) is 4.39. The molecular weight excluding hydrogens is 314 g/mol. The fraction of sp³-hybridized carbons (Fsp3) is 0.278. The highest BCUT2D eigenvalue weighted by atomic mass is 35.5. The minimum atomic E-state index is -0.400. The zero-order chi connectivity index (χ0) is 15.6. The molecule has 0 heterocycles. The molecule has 2 aromatic rings. The van der Waals surface area contributed by atoms with Crippen molar-refractivity contribution in [1.29, 1.82) is 0 Å². The summed E-state index contributed by atoms with van der Waals surface area (Å²) >= 11 is 7.65. The van der Waals surface area contributed by atoms with Crippen molar-refractivity contribution >= 4 is 35.0 Å². The van der Waals surface area contributed by atoms with Gasteiger partial charge in [-0.25, -0.2) is 0 Å². The van der Waals surface area contributed by atoms with Crippen LogP contribution in [0.2, 0.25) is 5.02 Å². The highest BCUT2D eigenvalue weighted by molar-refractivity contribution is 7.98. The quantitative estimate of drug-likeness (QED) is 0.787. The van der Waals surface area contributed by atoms with Crippen molar-refractivity contribution in [1.82, 2.24) is 0 Å². The summed E-state index contributed by atoms with van der Waals surface area (Å²) in [6, 6.07) is 15.6. The standard InChI is InChI=1S/C18H18ClNOS/c1-22-16-9-7-15(8-10-16)20-17(21)18(11-2-12-18)13-3-5-14(19)6-4-13/h3-10H,2,11-12H2,1H3,(H,20,21). The van der Waals surface area contributed by atoms with Gasteiger partial charge >= 0.3 is 0 Å². The van der Waals surface area contributed by atoms with Crippen molar-refractivity contribution in [3.63, 3.8) is 0 Å². The fourth-order valence-corrected chi connectivity index (χ4v) is 3.41. The van der Waals surface area contributed by atoms with Gasteiger partial charge in [-0.05, 0) is 61.1 Å². The van der Waals surface area contributed by atoms with Crippen molar-refractivity contribution in [3.05, 3.63) is 59.1 Å². The number of thioether (sulfide) groups is 1. The number of anilines is 1. The first-order chi connectivity index (χ1) is 10.6. The molecule has 1 amide bonds. The average Bonchev–Trinajstić information content (AvgIpc) is 2.49. The van der Waals surface area contributed by atoms with Crippen LogP contribution in [0.1, 0.15) is 24.8 Å². The third-order valence-corrected chi connectivity index (χ3v) is 5.38. The Balaban J connectivity index is 1.80. The van der Waals surface area contributed by atoms with E-state index in [9.17, 15) is 4.79 Å². The maximum atomic E-state index is 12.8. The van der Waals surface area contributed by atoms with Crippen LogP contribution in [-0.2, 0) is 10.2 Å². The third kappa shape index (κ3) is 2.88. The molecule has 0 spiro atoms. The molecule has 4 heteroatoms. The Kier molecular flexibility index (Phi) is 4.46. The van der Waals surface area contributed by atoms with Crippen LogP contribution in [0.3, 0.4) is 0 Å². The van der Waals surface area contributed by atoms with Crippen molar-refractivity contribution in [2.24, 2.45) is 0 Å². The molecule has 1 fully saturated rings. The molecule has 2 aromatic carbocycles. The highest BCUT2D eigenvalue weighted by Gasteiger charge is 2.45. The first-order valence-electron chi connectivity index (χ1n) is 7.36. The molecule has 2 nitrogen and oxygen atoms in total. The number of amides is 1. The summed E-state index contributed by atoms with van der Waals surface area (Å²) in [6.07, 6.45) is 4.91. The van der Waals surface area contributed by atoms with Gasteiger partial charge in [0.2, 0.25) is 5.91 Å². The Morgan fingerprint density at radius 2 is 1.73 bits per heavy atom. The predicted octanol–water partition coefficient (Wildman–Crippen LogP) is 5.12. The lowest BCUT2D eigenvalue weighted by atomic mass is 9.64. The van der Waals surface area contributed by atoms with E-state index in [1.165, 1.54) is 4.90 Å². The van der Waals surface area contributed by atoms with Crippen LogP contribution in [0.5, 0.6) is 0 Å². The van der Waals surface area contributed by atoms with Crippen molar-refractivity contribution in [3.8, 4) is 0 Å².